The van der Waals surface area contributed by atoms with Crippen LogP contribution in [0, 0.1) is 24.5 Å². The molecule has 1 atom stereocenters. The van der Waals surface area contributed by atoms with Crippen molar-refractivity contribution in [3.05, 3.63) is 94.9 Å². The summed E-state index contributed by atoms with van der Waals surface area (Å²) in [4.78, 5) is 70.0. The summed E-state index contributed by atoms with van der Waals surface area (Å²) in [6.07, 6.45) is 7.20. The molecule has 1 aliphatic rings. The third-order valence-electron chi connectivity index (χ3n) is 10.0. The van der Waals surface area contributed by atoms with Gasteiger partial charge >= 0.3 is 0 Å². The Kier molecular flexibility index (Phi) is 12.9. The van der Waals surface area contributed by atoms with Crippen molar-refractivity contribution in [2.24, 2.45) is 13.0 Å². The Balaban J connectivity index is 1.08. The van der Waals surface area contributed by atoms with Crippen LogP contribution in [0.1, 0.15) is 46.4 Å². The van der Waals surface area contributed by atoms with Gasteiger partial charge < -0.3 is 24.6 Å². The van der Waals surface area contributed by atoms with E-state index in [1.807, 2.05) is 25.9 Å². The van der Waals surface area contributed by atoms with Crippen molar-refractivity contribution >= 4 is 46.9 Å². The minimum Gasteiger partial charge on any atom is -0.339 e. The van der Waals surface area contributed by atoms with Crippen molar-refractivity contribution in [2.45, 2.75) is 33.2 Å². The van der Waals surface area contributed by atoms with E-state index in [1.54, 1.807) is 24.0 Å². The van der Waals surface area contributed by atoms with Crippen LogP contribution in [0.2, 0.25) is 5.02 Å². The van der Waals surface area contributed by atoms with E-state index in [2.05, 4.69) is 35.6 Å². The molecular formula is C40H44ClF2N11O4. The van der Waals surface area contributed by atoms with Crippen LogP contribution in [0.15, 0.2) is 61.2 Å². The monoisotopic (exact) mass is 815 g/mol. The Morgan fingerprint density at radius 1 is 0.914 bits per heavy atom. The summed E-state index contributed by atoms with van der Waals surface area (Å²) in [6.45, 7) is 5.84. The normalized spacial score (nSPS) is 13.5. The fraction of sp³-hybridized carbons (Fsp3) is 0.350. The van der Waals surface area contributed by atoms with Crippen LogP contribution in [0.4, 0.5) is 20.4 Å². The number of benzene rings is 2. The molecule has 1 saturated heterocycles. The van der Waals surface area contributed by atoms with Gasteiger partial charge in [-0.2, -0.15) is 5.10 Å². The predicted octanol–water partition coefficient (Wildman–Crippen LogP) is 5.13. The van der Waals surface area contributed by atoms with Crippen LogP contribution in [0.25, 0.3) is 22.4 Å². The van der Waals surface area contributed by atoms with Gasteiger partial charge in [0.25, 0.3) is 11.8 Å². The molecule has 3 aromatic heterocycles. The number of carbonyl (C=O) groups excluding carboxylic acids is 4. The molecule has 5 aromatic rings. The lowest BCUT2D eigenvalue weighted by Gasteiger charge is -2.36. The Labute approximate surface area is 339 Å². The van der Waals surface area contributed by atoms with E-state index >= 15 is 8.78 Å². The summed E-state index contributed by atoms with van der Waals surface area (Å²) in [5, 5.41) is 9.65. The third kappa shape index (κ3) is 9.21. The van der Waals surface area contributed by atoms with Crippen molar-refractivity contribution in [2.75, 3.05) is 57.5 Å². The van der Waals surface area contributed by atoms with Gasteiger partial charge in [0, 0.05) is 80.1 Å². The van der Waals surface area contributed by atoms with Gasteiger partial charge in [0.2, 0.25) is 17.8 Å². The number of amides is 4. The van der Waals surface area contributed by atoms with E-state index in [0.29, 0.717) is 37.6 Å². The van der Waals surface area contributed by atoms with E-state index < -0.39 is 23.4 Å². The Morgan fingerprint density at radius 3 is 2.26 bits per heavy atom. The maximum absolute atomic E-state index is 15.7. The van der Waals surface area contributed by atoms with Gasteiger partial charge in [-0.05, 0) is 70.7 Å². The van der Waals surface area contributed by atoms with Crippen molar-refractivity contribution in [3.8, 4) is 22.4 Å². The molecule has 15 nitrogen and oxygen atoms in total. The first-order chi connectivity index (χ1) is 27.7. The van der Waals surface area contributed by atoms with Gasteiger partial charge in [0.05, 0.1) is 28.2 Å². The Hall–Kier alpha value is -6.07. The van der Waals surface area contributed by atoms with Crippen LogP contribution in [-0.2, 0) is 23.2 Å². The number of imidazole rings is 1. The minimum absolute atomic E-state index is 0.0611. The summed E-state index contributed by atoms with van der Waals surface area (Å²) in [6, 6.07) is 8.90. The number of halogens is 3. The zero-order valence-electron chi connectivity index (χ0n) is 32.8. The average Bonchev–Trinajstić information content (AvgIpc) is 3.76. The van der Waals surface area contributed by atoms with Crippen molar-refractivity contribution in [3.63, 3.8) is 0 Å². The number of piperazine rings is 1. The van der Waals surface area contributed by atoms with E-state index in [1.165, 1.54) is 65.3 Å². The molecule has 0 aliphatic carbocycles. The highest BCUT2D eigenvalue weighted by molar-refractivity contribution is 6.34. The van der Waals surface area contributed by atoms with E-state index in [-0.39, 0.29) is 69.0 Å². The number of aromatic nitrogens is 6. The number of anilines is 2. The Morgan fingerprint density at radius 2 is 1.59 bits per heavy atom. The number of hydrogen-bond acceptors (Lipinski definition) is 9. The van der Waals surface area contributed by atoms with Gasteiger partial charge in [-0.25, -0.2) is 23.7 Å². The largest absolute Gasteiger partial charge is 0.339 e. The second-order valence-electron chi connectivity index (χ2n) is 14.2. The second-order valence-corrected chi connectivity index (χ2v) is 14.6. The van der Waals surface area contributed by atoms with Gasteiger partial charge in [0.15, 0.2) is 17.5 Å². The molecule has 4 heterocycles. The molecular weight excluding hydrogens is 772 g/mol. The van der Waals surface area contributed by atoms with Gasteiger partial charge in [0.1, 0.15) is 6.54 Å². The average molecular weight is 816 g/mol. The number of hydrogen-bond donors (Lipinski definition) is 2. The van der Waals surface area contributed by atoms with Crippen molar-refractivity contribution < 1.29 is 28.0 Å². The molecule has 58 heavy (non-hydrogen) atoms. The van der Waals surface area contributed by atoms with Gasteiger partial charge in [-0.15, -0.1) is 0 Å². The van der Waals surface area contributed by atoms with Crippen LogP contribution >= 0.6 is 11.6 Å². The molecule has 304 valence electrons. The fourth-order valence-electron chi connectivity index (χ4n) is 6.79. The quantitative estimate of drug-likeness (QED) is 0.164. The Bertz CT molecular complexity index is 2320. The molecule has 0 bridgehead atoms. The zero-order valence-corrected chi connectivity index (χ0v) is 33.6. The number of carbonyl (C=O) groups is 4. The molecule has 1 unspecified atom stereocenters. The van der Waals surface area contributed by atoms with Crippen LogP contribution < -0.4 is 10.6 Å². The second kappa shape index (κ2) is 18.0. The van der Waals surface area contributed by atoms with E-state index in [0.717, 1.165) is 19.4 Å². The fourth-order valence-corrected chi connectivity index (χ4v) is 7.05. The topological polar surface area (TPSA) is 163 Å². The number of aryl methyl sites for hydroxylation is 1. The zero-order chi connectivity index (χ0) is 41.7. The molecule has 2 aromatic carbocycles. The lowest BCUT2D eigenvalue weighted by Crippen LogP contribution is -2.52. The van der Waals surface area contributed by atoms with Crippen LogP contribution in [0.3, 0.4) is 0 Å². The van der Waals surface area contributed by atoms with Crippen LogP contribution in [0.5, 0.6) is 0 Å². The van der Waals surface area contributed by atoms with E-state index in [9.17, 15) is 19.2 Å². The molecule has 1 aliphatic heterocycles. The molecule has 2 N–H and O–H groups in total. The summed E-state index contributed by atoms with van der Waals surface area (Å²) in [5.74, 6) is -3.62. The maximum Gasteiger partial charge on any atom is 0.291 e. The molecule has 0 saturated carbocycles. The maximum atomic E-state index is 15.7. The first kappa shape index (κ1) is 41.6. The molecule has 1 fully saturated rings. The number of nitrogens with one attached hydrogen (secondary N) is 2. The number of nitrogens with zero attached hydrogens (tertiary/aromatic N) is 9. The minimum atomic E-state index is -1.16. The smallest absolute Gasteiger partial charge is 0.291 e. The van der Waals surface area contributed by atoms with E-state index in [4.69, 9.17) is 11.6 Å². The van der Waals surface area contributed by atoms with Crippen LogP contribution in [-0.4, -0.2) is 114 Å². The first-order valence-corrected chi connectivity index (χ1v) is 19.1. The highest BCUT2D eigenvalue weighted by atomic mass is 35.5. The first-order valence-electron chi connectivity index (χ1n) is 18.7. The van der Waals surface area contributed by atoms with Crippen molar-refractivity contribution in [1.29, 1.82) is 0 Å². The van der Waals surface area contributed by atoms with Gasteiger partial charge in [-0.1, -0.05) is 24.6 Å². The summed E-state index contributed by atoms with van der Waals surface area (Å²) >= 11 is 6.55. The number of rotatable bonds is 13. The lowest BCUT2D eigenvalue weighted by atomic mass is 10.00. The van der Waals surface area contributed by atoms with Gasteiger partial charge in [-0.3, -0.25) is 29.2 Å². The predicted molar refractivity (Wildman–Crippen MR) is 214 cm³/mol. The standard InChI is InChI=1S/C40H44ClF2N11O4/c1-6-25(12-15-50(3)4)38(57)52-16-18-53(19-17-52)39(58)28-9-8-26(20-31(28)41)47-37(56)36-46-21-32(51(36)5)29-11-10-27(34(42)35(29)43)30-22-54(49-24(30)2)23-33(55)48-40-44-13-7-14-45-40/h7-11,13-14,20-22,25H,6,12,15-19,23H2,1-5H3,(H,47,56)(H,44,45,48,55). The molecule has 4 amide bonds. The molecule has 18 heteroatoms. The lowest BCUT2D eigenvalue weighted by molar-refractivity contribution is -0.137. The highest BCUT2D eigenvalue weighted by Gasteiger charge is 2.30. The SMILES string of the molecule is CCC(CCN(C)C)C(=O)N1CCN(C(=O)c2ccc(NC(=O)c3ncc(-c4ccc(-c5cn(CC(=O)Nc6ncccn6)nc5C)c(F)c4F)n3C)cc2Cl)CC1. The summed E-state index contributed by atoms with van der Waals surface area (Å²) in [5.41, 5.74) is 1.14. The molecule has 6 rings (SSSR count). The highest BCUT2D eigenvalue weighted by Crippen LogP contribution is 2.33. The molecule has 0 radical (unpaired) electrons. The van der Waals surface area contributed by atoms with Crippen molar-refractivity contribution in [1.82, 2.24) is 44.0 Å². The third-order valence-corrected chi connectivity index (χ3v) is 10.3. The summed E-state index contributed by atoms with van der Waals surface area (Å²) < 4.78 is 34.0. The molecule has 0 spiro atoms. The summed E-state index contributed by atoms with van der Waals surface area (Å²) in [7, 11) is 5.46.